The fourth-order valence-electron chi connectivity index (χ4n) is 7.21. The molecule has 4 heterocycles. The Morgan fingerprint density at radius 1 is 1.08 bits per heavy atom. The second kappa shape index (κ2) is 13.9. The summed E-state index contributed by atoms with van der Waals surface area (Å²) in [7, 11) is 0. The van der Waals surface area contributed by atoms with E-state index in [0.29, 0.717) is 51.8 Å². The van der Waals surface area contributed by atoms with Gasteiger partial charge in [0, 0.05) is 42.3 Å². The number of carbonyl (C=O) groups is 6. The summed E-state index contributed by atoms with van der Waals surface area (Å²) < 4.78 is 21.9. The van der Waals surface area contributed by atoms with Crippen molar-refractivity contribution in [2.24, 2.45) is 0 Å². The lowest BCUT2D eigenvalue weighted by Crippen LogP contribution is -2.48. The monoisotopic (exact) mass is 718 g/mol. The number of nitrogens with zero attached hydrogens (tertiary/aromatic N) is 2. The Hall–Kier alpha value is -5.51. The van der Waals surface area contributed by atoms with Crippen LogP contribution in [0, 0.1) is 12.7 Å². The molecule has 52 heavy (non-hydrogen) atoms. The van der Waals surface area contributed by atoms with E-state index in [4.69, 9.17) is 9.72 Å². The van der Waals surface area contributed by atoms with Gasteiger partial charge in [-0.2, -0.15) is 0 Å². The summed E-state index contributed by atoms with van der Waals surface area (Å²) in [6.45, 7) is 5.09. The number of carbonyl (C=O) groups excluding carboxylic acids is 6. The molecule has 0 radical (unpaired) electrons. The summed E-state index contributed by atoms with van der Waals surface area (Å²) in [5.74, 6) is -3.74. The van der Waals surface area contributed by atoms with Crippen molar-refractivity contribution < 1.29 is 43.0 Å². The lowest BCUT2D eigenvalue weighted by atomic mass is 9.81. The number of ether oxygens (including phenoxy) is 1. The number of cyclic esters (lactones) is 1. The van der Waals surface area contributed by atoms with Crippen molar-refractivity contribution in [3.8, 4) is 11.4 Å². The van der Waals surface area contributed by atoms with Crippen LogP contribution < -0.4 is 26.8 Å². The number of nitrogens with one attached hydrogen (secondary N) is 4. The SMILES string of the molecule is CC[C@@]1(O)C(=O)OCc2c1cc1n(c2=O)Cc2c-1nc1cc(F)c(C)c3c1c2[C@@H](NC(=O)CCC(=O)CNC(=O)[C@H](C)NC(=O)CNC(C)=O)CC3. The highest BCUT2D eigenvalue weighted by atomic mass is 19.1. The highest BCUT2D eigenvalue weighted by molar-refractivity contribution is 5.95. The summed E-state index contributed by atoms with van der Waals surface area (Å²) >= 11 is 0. The summed E-state index contributed by atoms with van der Waals surface area (Å²) in [5.41, 5.74) is 1.44. The maximum atomic E-state index is 15.2. The molecule has 1 aliphatic carbocycles. The van der Waals surface area contributed by atoms with Crippen LogP contribution >= 0.6 is 0 Å². The molecular weight excluding hydrogens is 679 g/mol. The molecule has 0 bridgehead atoms. The van der Waals surface area contributed by atoms with Crippen LogP contribution in [0.2, 0.25) is 0 Å². The van der Waals surface area contributed by atoms with Gasteiger partial charge in [-0.1, -0.05) is 6.92 Å². The summed E-state index contributed by atoms with van der Waals surface area (Å²) in [6.07, 6.45) is 0.452. The molecule has 0 fully saturated rings. The predicted molar refractivity (Wildman–Crippen MR) is 182 cm³/mol. The van der Waals surface area contributed by atoms with Crippen molar-refractivity contribution in [3.05, 3.63) is 61.7 Å². The number of rotatable bonds is 11. The van der Waals surface area contributed by atoms with Gasteiger partial charge in [-0.25, -0.2) is 14.2 Å². The molecule has 0 spiro atoms. The van der Waals surface area contributed by atoms with Crippen LogP contribution in [0.4, 0.5) is 4.39 Å². The maximum absolute atomic E-state index is 15.2. The van der Waals surface area contributed by atoms with E-state index in [2.05, 4.69) is 21.3 Å². The zero-order valence-corrected chi connectivity index (χ0v) is 29.2. The van der Waals surface area contributed by atoms with Crippen LogP contribution in [0.1, 0.15) is 85.9 Å². The Balaban J connectivity index is 1.21. The predicted octanol–water partition coefficient (Wildman–Crippen LogP) is 0.737. The van der Waals surface area contributed by atoms with Crippen LogP contribution in [-0.2, 0) is 58.7 Å². The first-order valence-corrected chi connectivity index (χ1v) is 17.1. The van der Waals surface area contributed by atoms with Gasteiger partial charge in [0.2, 0.25) is 23.6 Å². The number of Topliss-reactive ketones (excluding diaryl/α,β-unsaturated/α-hetero) is 1. The van der Waals surface area contributed by atoms with Crippen molar-refractivity contribution in [3.63, 3.8) is 0 Å². The molecule has 0 saturated heterocycles. The molecule has 3 atom stereocenters. The van der Waals surface area contributed by atoms with E-state index in [1.807, 2.05) is 0 Å². The zero-order chi connectivity index (χ0) is 37.6. The van der Waals surface area contributed by atoms with Crippen molar-refractivity contribution in [1.82, 2.24) is 30.8 Å². The number of hydrogen-bond acceptors (Lipinski definition) is 10. The molecule has 5 N–H and O–H groups in total. The number of esters is 1. The average Bonchev–Trinajstić information content (AvgIpc) is 3.48. The first-order valence-electron chi connectivity index (χ1n) is 17.1. The third-order valence-corrected chi connectivity index (χ3v) is 10.1. The second-order valence-corrected chi connectivity index (χ2v) is 13.4. The number of ketones is 1. The van der Waals surface area contributed by atoms with Gasteiger partial charge in [-0.3, -0.25) is 28.8 Å². The topological polar surface area (TPSA) is 215 Å². The average molecular weight is 719 g/mol. The number of aromatic nitrogens is 2. The van der Waals surface area contributed by atoms with Gasteiger partial charge < -0.3 is 35.7 Å². The van der Waals surface area contributed by atoms with Gasteiger partial charge in [0.1, 0.15) is 18.5 Å². The molecule has 0 saturated carbocycles. The Kier molecular flexibility index (Phi) is 9.70. The normalized spacial score (nSPS) is 18.7. The first-order chi connectivity index (χ1) is 24.6. The molecule has 4 amide bonds. The molecule has 274 valence electrons. The second-order valence-electron chi connectivity index (χ2n) is 13.4. The minimum absolute atomic E-state index is 0.0275. The van der Waals surface area contributed by atoms with Crippen LogP contribution in [-0.4, -0.2) is 69.2 Å². The number of benzene rings is 1. The molecule has 15 nitrogen and oxygen atoms in total. The summed E-state index contributed by atoms with van der Waals surface area (Å²) in [6, 6.07) is 1.36. The van der Waals surface area contributed by atoms with E-state index >= 15 is 4.39 Å². The standard InChI is InChI=1S/C36H39FN6O9/c1-5-36(51)23-10-27-32-21(14-43(27)34(49)22(23)15-52-35(36)50)31-25(8-7-20-16(2)24(37)11-26(42-32)30(20)31)41-28(46)9-6-19(45)12-39-33(48)17(3)40-29(47)13-38-18(4)44/h10-11,17,25,51H,5-9,12-15H2,1-4H3,(H,38,44)(H,39,48)(H,40,47)(H,41,46)/t17-,25-,36-/m0/s1. The van der Waals surface area contributed by atoms with E-state index < -0.39 is 64.4 Å². The highest BCUT2D eigenvalue weighted by Gasteiger charge is 2.46. The number of halogens is 1. The number of aliphatic hydroxyl groups is 1. The molecule has 16 heteroatoms. The lowest BCUT2D eigenvalue weighted by Gasteiger charge is -2.31. The number of hydrogen-bond donors (Lipinski definition) is 5. The minimum Gasteiger partial charge on any atom is -0.458 e. The van der Waals surface area contributed by atoms with Gasteiger partial charge in [0.15, 0.2) is 11.4 Å². The van der Waals surface area contributed by atoms with Crippen molar-refractivity contribution in [1.29, 1.82) is 0 Å². The van der Waals surface area contributed by atoms with Gasteiger partial charge in [0.25, 0.3) is 5.56 Å². The maximum Gasteiger partial charge on any atom is 0.343 e. The molecule has 1 aromatic carbocycles. The quantitative estimate of drug-likeness (QED) is 0.137. The van der Waals surface area contributed by atoms with E-state index in [0.717, 1.165) is 5.56 Å². The number of aryl methyl sites for hydroxylation is 1. The van der Waals surface area contributed by atoms with Crippen LogP contribution in [0.3, 0.4) is 0 Å². The molecule has 0 unspecified atom stereocenters. The van der Waals surface area contributed by atoms with Gasteiger partial charge >= 0.3 is 5.97 Å². The van der Waals surface area contributed by atoms with Crippen molar-refractivity contribution in [2.45, 2.75) is 90.6 Å². The number of pyridine rings is 2. The molecule has 3 aliphatic rings. The highest BCUT2D eigenvalue weighted by Crippen LogP contribution is 2.46. The third kappa shape index (κ3) is 6.42. The van der Waals surface area contributed by atoms with Crippen LogP contribution in [0.5, 0.6) is 0 Å². The molecule has 6 rings (SSSR count). The number of amides is 4. The summed E-state index contributed by atoms with van der Waals surface area (Å²) in [4.78, 5) is 92.3. The van der Waals surface area contributed by atoms with Crippen LogP contribution in [0.25, 0.3) is 22.3 Å². The fraction of sp³-hybridized carbons (Fsp3) is 0.444. The first kappa shape index (κ1) is 36.3. The fourth-order valence-corrected chi connectivity index (χ4v) is 7.21. The summed E-state index contributed by atoms with van der Waals surface area (Å²) in [5, 5.41) is 22.1. The third-order valence-electron chi connectivity index (χ3n) is 10.1. The van der Waals surface area contributed by atoms with E-state index in [9.17, 15) is 38.7 Å². The molecule has 2 aliphatic heterocycles. The molecule has 3 aromatic rings. The smallest absolute Gasteiger partial charge is 0.343 e. The number of fused-ring (bicyclic) bond motifs is 5. The van der Waals surface area contributed by atoms with Gasteiger partial charge in [0.05, 0.1) is 48.1 Å². The Labute approximate surface area is 296 Å². The Morgan fingerprint density at radius 3 is 2.54 bits per heavy atom. The van der Waals surface area contributed by atoms with Crippen molar-refractivity contribution >= 4 is 46.3 Å². The van der Waals surface area contributed by atoms with E-state index in [1.165, 1.54) is 24.5 Å². The van der Waals surface area contributed by atoms with Gasteiger partial charge in [-0.05, 0) is 55.9 Å². The molecule has 2 aromatic heterocycles. The Bertz CT molecular complexity index is 2150. The van der Waals surface area contributed by atoms with E-state index in [-0.39, 0.29) is 56.6 Å². The molecular formula is C36H39FN6O9. The van der Waals surface area contributed by atoms with E-state index in [1.54, 1.807) is 19.9 Å². The largest absolute Gasteiger partial charge is 0.458 e. The van der Waals surface area contributed by atoms with Crippen molar-refractivity contribution in [2.75, 3.05) is 13.1 Å². The van der Waals surface area contributed by atoms with Crippen LogP contribution in [0.15, 0.2) is 16.9 Å². The zero-order valence-electron chi connectivity index (χ0n) is 29.2. The Morgan fingerprint density at radius 2 is 1.83 bits per heavy atom. The van der Waals surface area contributed by atoms with Gasteiger partial charge in [-0.15, -0.1) is 0 Å². The minimum atomic E-state index is -2.02. The lowest BCUT2D eigenvalue weighted by molar-refractivity contribution is -0.172.